The van der Waals surface area contributed by atoms with E-state index in [9.17, 15) is 24.1 Å². The second kappa shape index (κ2) is 6.73. The van der Waals surface area contributed by atoms with Crippen LogP contribution in [0.15, 0.2) is 42.5 Å². The van der Waals surface area contributed by atoms with Gasteiger partial charge in [0, 0.05) is 11.6 Å². The molecule has 0 aliphatic heterocycles. The summed E-state index contributed by atoms with van der Waals surface area (Å²) in [5.41, 5.74) is -1.50. The molecule has 0 radical (unpaired) electrons. The molecular formula is C15H10FNO7. The molecule has 0 amide bonds. The van der Waals surface area contributed by atoms with Gasteiger partial charge in [0.25, 0.3) is 0 Å². The van der Waals surface area contributed by atoms with Crippen LogP contribution in [0.25, 0.3) is 0 Å². The molecule has 9 heteroatoms. The number of hydrogen-bond donors (Lipinski definition) is 2. The zero-order valence-electron chi connectivity index (χ0n) is 11.9. The lowest BCUT2D eigenvalue weighted by Crippen LogP contribution is -2.22. The number of carbonyl (C=O) groups is 2. The number of carboxylic acid groups (broad SMARTS) is 2. The minimum Gasteiger partial charge on any atom is -0.480 e. The quantitative estimate of drug-likeness (QED) is 0.472. The number of halogens is 1. The van der Waals surface area contributed by atoms with Crippen LogP contribution >= 0.6 is 0 Å². The Morgan fingerprint density at radius 1 is 1.08 bits per heavy atom. The van der Waals surface area contributed by atoms with Crippen LogP contribution in [0.3, 0.4) is 0 Å². The summed E-state index contributed by atoms with van der Waals surface area (Å²) >= 11 is 0. The molecule has 0 saturated heterocycles. The smallest absolute Gasteiger partial charge is 0.322 e. The molecule has 0 saturated carbocycles. The van der Waals surface area contributed by atoms with Crippen molar-refractivity contribution in [2.24, 2.45) is 0 Å². The summed E-state index contributed by atoms with van der Waals surface area (Å²) in [7, 11) is 0. The van der Waals surface area contributed by atoms with E-state index >= 15 is 0 Å². The van der Waals surface area contributed by atoms with E-state index in [-0.39, 0.29) is 5.75 Å². The Hall–Kier alpha value is -3.49. The molecule has 2 rings (SSSR count). The first kappa shape index (κ1) is 16.9. The van der Waals surface area contributed by atoms with Crippen molar-refractivity contribution in [3.05, 3.63) is 64.0 Å². The maximum absolute atomic E-state index is 14.6. The number of hydrogen-bond acceptors (Lipinski definition) is 5. The molecule has 0 aromatic heterocycles. The summed E-state index contributed by atoms with van der Waals surface area (Å²) in [6.45, 7) is 0. The van der Waals surface area contributed by atoms with E-state index in [0.717, 1.165) is 12.1 Å². The fourth-order valence-electron chi connectivity index (χ4n) is 2.00. The third-order valence-corrected chi connectivity index (χ3v) is 3.07. The molecule has 0 fully saturated rings. The van der Waals surface area contributed by atoms with Gasteiger partial charge < -0.3 is 14.9 Å². The molecule has 8 nitrogen and oxygen atoms in total. The Morgan fingerprint density at radius 3 is 2.17 bits per heavy atom. The van der Waals surface area contributed by atoms with Crippen LogP contribution < -0.4 is 4.74 Å². The van der Waals surface area contributed by atoms with E-state index in [2.05, 4.69) is 0 Å². The van der Waals surface area contributed by atoms with Crippen molar-refractivity contribution in [1.82, 2.24) is 0 Å². The molecule has 0 heterocycles. The summed E-state index contributed by atoms with van der Waals surface area (Å²) < 4.78 is 19.7. The van der Waals surface area contributed by atoms with Crippen LogP contribution in [0, 0.1) is 15.9 Å². The number of aliphatic carboxylic acids is 2. The van der Waals surface area contributed by atoms with Gasteiger partial charge in [0.05, 0.1) is 4.92 Å². The second-order valence-electron chi connectivity index (χ2n) is 4.60. The first-order chi connectivity index (χ1) is 11.3. The molecular weight excluding hydrogens is 325 g/mol. The summed E-state index contributed by atoms with van der Waals surface area (Å²) in [5.74, 6) is -8.02. The lowest BCUT2D eigenvalue weighted by Gasteiger charge is -2.13. The van der Waals surface area contributed by atoms with Gasteiger partial charge in [-0.1, -0.05) is 18.2 Å². The molecule has 0 aliphatic carbocycles. The van der Waals surface area contributed by atoms with E-state index in [1.165, 1.54) is 12.1 Å². The minimum atomic E-state index is -2.22. The lowest BCUT2D eigenvalue weighted by molar-refractivity contribution is -0.385. The number of nitrogens with zero attached hydrogens (tertiary/aromatic N) is 1. The van der Waals surface area contributed by atoms with Gasteiger partial charge in [-0.15, -0.1) is 0 Å². The SMILES string of the molecule is O=C(O)C(C(=O)O)c1ccc([N+](=O)[O-])c(Oc2ccccc2)c1F. The molecule has 0 atom stereocenters. The summed E-state index contributed by atoms with van der Waals surface area (Å²) in [6.07, 6.45) is 0. The number of rotatable bonds is 6. The van der Waals surface area contributed by atoms with Crippen molar-refractivity contribution in [3.8, 4) is 11.5 Å². The lowest BCUT2D eigenvalue weighted by atomic mass is 9.98. The summed E-state index contributed by atoms with van der Waals surface area (Å²) in [5, 5.41) is 29.0. The van der Waals surface area contributed by atoms with Crippen LogP contribution in [0.4, 0.5) is 10.1 Å². The van der Waals surface area contributed by atoms with Crippen LogP contribution in [0.5, 0.6) is 11.5 Å². The van der Waals surface area contributed by atoms with E-state index in [1.807, 2.05) is 0 Å². The Kier molecular flexibility index (Phi) is 4.73. The fourth-order valence-corrected chi connectivity index (χ4v) is 2.00. The number of ether oxygens (including phenoxy) is 1. The van der Waals surface area contributed by atoms with Crippen LogP contribution in [-0.4, -0.2) is 27.1 Å². The average Bonchev–Trinajstić information content (AvgIpc) is 2.51. The molecule has 0 spiro atoms. The molecule has 2 aromatic rings. The number of carboxylic acids is 2. The zero-order chi connectivity index (χ0) is 17.9. The first-order valence-corrected chi connectivity index (χ1v) is 6.48. The second-order valence-corrected chi connectivity index (χ2v) is 4.60. The highest BCUT2D eigenvalue weighted by molar-refractivity contribution is 5.99. The highest BCUT2D eigenvalue weighted by Gasteiger charge is 2.34. The topological polar surface area (TPSA) is 127 Å². The van der Waals surface area contributed by atoms with Gasteiger partial charge in [0.1, 0.15) is 5.75 Å². The minimum absolute atomic E-state index is 0.0684. The van der Waals surface area contributed by atoms with E-state index in [0.29, 0.717) is 0 Å². The highest BCUT2D eigenvalue weighted by Crippen LogP contribution is 2.38. The molecule has 0 aliphatic rings. The van der Waals surface area contributed by atoms with Crippen molar-refractivity contribution in [2.45, 2.75) is 5.92 Å². The number of para-hydroxylation sites is 1. The van der Waals surface area contributed by atoms with Gasteiger partial charge >= 0.3 is 17.6 Å². The van der Waals surface area contributed by atoms with Crippen molar-refractivity contribution >= 4 is 17.6 Å². The molecule has 0 bridgehead atoms. The Balaban J connectivity index is 2.62. The molecule has 124 valence electrons. The van der Waals surface area contributed by atoms with Crippen molar-refractivity contribution in [3.63, 3.8) is 0 Å². The number of nitro groups is 1. The normalized spacial score (nSPS) is 10.4. The van der Waals surface area contributed by atoms with Gasteiger partial charge in [-0.05, 0) is 18.2 Å². The van der Waals surface area contributed by atoms with Gasteiger partial charge in [0.15, 0.2) is 11.7 Å². The summed E-state index contributed by atoms with van der Waals surface area (Å²) in [4.78, 5) is 32.2. The van der Waals surface area contributed by atoms with Crippen LogP contribution in [0.1, 0.15) is 11.5 Å². The summed E-state index contributed by atoms with van der Waals surface area (Å²) in [6, 6.07) is 9.08. The predicted molar refractivity (Wildman–Crippen MR) is 77.6 cm³/mol. The largest absolute Gasteiger partial charge is 0.480 e. The molecule has 24 heavy (non-hydrogen) atoms. The van der Waals surface area contributed by atoms with Gasteiger partial charge in [-0.2, -0.15) is 0 Å². The number of benzene rings is 2. The predicted octanol–water partition coefficient (Wildman–Crippen LogP) is 2.78. The Morgan fingerprint density at radius 2 is 1.67 bits per heavy atom. The monoisotopic (exact) mass is 335 g/mol. The molecule has 0 unspecified atom stereocenters. The maximum Gasteiger partial charge on any atom is 0.322 e. The van der Waals surface area contributed by atoms with Crippen molar-refractivity contribution < 1.29 is 33.9 Å². The zero-order valence-corrected chi connectivity index (χ0v) is 11.9. The van der Waals surface area contributed by atoms with E-state index < -0.39 is 45.6 Å². The fraction of sp³-hybridized carbons (Fsp3) is 0.0667. The third-order valence-electron chi connectivity index (χ3n) is 3.07. The first-order valence-electron chi connectivity index (χ1n) is 6.48. The molecule has 2 aromatic carbocycles. The maximum atomic E-state index is 14.6. The van der Waals surface area contributed by atoms with Crippen LogP contribution in [0.2, 0.25) is 0 Å². The van der Waals surface area contributed by atoms with Gasteiger partial charge in [-0.3, -0.25) is 19.7 Å². The van der Waals surface area contributed by atoms with Gasteiger partial charge in [-0.25, -0.2) is 4.39 Å². The third kappa shape index (κ3) is 3.29. The highest BCUT2D eigenvalue weighted by atomic mass is 19.1. The van der Waals surface area contributed by atoms with Crippen molar-refractivity contribution in [1.29, 1.82) is 0 Å². The van der Waals surface area contributed by atoms with Crippen molar-refractivity contribution in [2.75, 3.05) is 0 Å². The van der Waals surface area contributed by atoms with E-state index in [1.54, 1.807) is 18.2 Å². The van der Waals surface area contributed by atoms with Crippen LogP contribution in [-0.2, 0) is 9.59 Å². The molecule has 2 N–H and O–H groups in total. The Labute approximate surface area is 133 Å². The van der Waals surface area contributed by atoms with Gasteiger partial charge in [0.2, 0.25) is 5.75 Å². The number of nitro benzene ring substituents is 1. The average molecular weight is 335 g/mol. The standard InChI is InChI=1S/C15H10FNO7/c16-12-9(11(14(18)19)15(20)21)6-7-10(17(22)23)13(12)24-8-4-2-1-3-5-8/h1-7,11H,(H,18,19)(H,20,21). The Bertz CT molecular complexity index is 793. The van der Waals surface area contributed by atoms with E-state index in [4.69, 9.17) is 14.9 Å².